The lowest BCUT2D eigenvalue weighted by molar-refractivity contribution is -0.311. The second-order valence-electron chi connectivity index (χ2n) is 6.47. The van der Waals surface area contributed by atoms with Crippen molar-refractivity contribution in [1.82, 2.24) is 0 Å². The van der Waals surface area contributed by atoms with Crippen LogP contribution in [0.5, 0.6) is 0 Å². The highest BCUT2D eigenvalue weighted by molar-refractivity contribution is 5.14. The molecule has 0 bridgehead atoms. The minimum absolute atomic E-state index is 0.267. The molecule has 1 aliphatic heterocycles. The first-order valence-corrected chi connectivity index (χ1v) is 9.01. The Morgan fingerprint density at radius 2 is 1.37 bits per heavy atom. The van der Waals surface area contributed by atoms with Crippen LogP contribution in [0.15, 0.2) is 60.7 Å². The van der Waals surface area contributed by atoms with E-state index in [-0.39, 0.29) is 6.61 Å². The molecule has 3 rings (SSSR count). The molecular formula is C21H26O6. The van der Waals surface area contributed by atoms with Crippen molar-refractivity contribution in [2.75, 3.05) is 13.7 Å². The molecule has 1 aliphatic rings. The molecule has 0 aliphatic carbocycles. The first kappa shape index (κ1) is 19.9. The number of methoxy groups -OCH3 is 1. The predicted octanol–water partition coefficient (Wildman–Crippen LogP) is 1.88. The Hall–Kier alpha value is -1.80. The molecule has 2 N–H and O–H groups in total. The van der Waals surface area contributed by atoms with Gasteiger partial charge in [-0.1, -0.05) is 60.7 Å². The molecule has 0 saturated carbocycles. The van der Waals surface area contributed by atoms with Gasteiger partial charge in [0, 0.05) is 7.11 Å². The van der Waals surface area contributed by atoms with Gasteiger partial charge in [-0.15, -0.1) is 0 Å². The standard InChI is InChI=1S/C21H26O6/c1-24-21-18(23)20(26-14-16-10-6-3-7-11-16)19(17(12-22)27-21)25-13-15-8-4-2-5-9-15/h2-11,17-23H,12-14H2,1H3/t17?,18?,19-,20?,21+/m1/s1. The maximum Gasteiger partial charge on any atom is 0.186 e. The summed E-state index contributed by atoms with van der Waals surface area (Å²) in [6.45, 7) is 0.362. The van der Waals surface area contributed by atoms with Crippen LogP contribution in [0, 0.1) is 0 Å². The maximum atomic E-state index is 10.7. The summed E-state index contributed by atoms with van der Waals surface area (Å²) in [6, 6.07) is 19.4. The van der Waals surface area contributed by atoms with Crippen molar-refractivity contribution < 1.29 is 29.2 Å². The van der Waals surface area contributed by atoms with E-state index in [1.807, 2.05) is 60.7 Å². The number of benzene rings is 2. The van der Waals surface area contributed by atoms with Crippen molar-refractivity contribution in [3.05, 3.63) is 71.8 Å². The van der Waals surface area contributed by atoms with E-state index < -0.39 is 30.7 Å². The average Bonchev–Trinajstić information content (AvgIpc) is 2.73. The topological polar surface area (TPSA) is 77.4 Å². The third-order valence-electron chi connectivity index (χ3n) is 4.60. The molecular weight excluding hydrogens is 348 g/mol. The van der Waals surface area contributed by atoms with E-state index in [1.54, 1.807) is 0 Å². The van der Waals surface area contributed by atoms with E-state index in [9.17, 15) is 10.2 Å². The normalized spacial score (nSPS) is 28.2. The zero-order valence-electron chi connectivity index (χ0n) is 15.3. The maximum absolute atomic E-state index is 10.7. The van der Waals surface area contributed by atoms with Crippen molar-refractivity contribution in [3.8, 4) is 0 Å². The Bertz CT molecular complexity index is 665. The first-order valence-electron chi connectivity index (χ1n) is 9.01. The minimum Gasteiger partial charge on any atom is -0.394 e. The Morgan fingerprint density at radius 1 is 0.852 bits per heavy atom. The molecule has 6 nitrogen and oxygen atoms in total. The van der Waals surface area contributed by atoms with Crippen molar-refractivity contribution >= 4 is 0 Å². The highest BCUT2D eigenvalue weighted by Gasteiger charge is 2.46. The van der Waals surface area contributed by atoms with Crippen LogP contribution in [0.4, 0.5) is 0 Å². The van der Waals surface area contributed by atoms with Gasteiger partial charge in [-0.2, -0.15) is 0 Å². The van der Waals surface area contributed by atoms with Crippen molar-refractivity contribution in [3.63, 3.8) is 0 Å². The summed E-state index contributed by atoms with van der Waals surface area (Å²) in [5.74, 6) is 0. The molecule has 146 valence electrons. The van der Waals surface area contributed by atoms with Gasteiger partial charge in [-0.25, -0.2) is 0 Å². The fourth-order valence-electron chi connectivity index (χ4n) is 3.16. The van der Waals surface area contributed by atoms with Gasteiger partial charge in [-0.3, -0.25) is 0 Å². The minimum atomic E-state index is -1.04. The third-order valence-corrected chi connectivity index (χ3v) is 4.60. The summed E-state index contributed by atoms with van der Waals surface area (Å²) >= 11 is 0. The van der Waals surface area contributed by atoms with Gasteiger partial charge in [-0.05, 0) is 11.1 Å². The summed E-state index contributed by atoms with van der Waals surface area (Å²) in [5.41, 5.74) is 1.96. The number of ether oxygens (including phenoxy) is 4. The Labute approximate surface area is 159 Å². The lowest BCUT2D eigenvalue weighted by Gasteiger charge is -2.43. The van der Waals surface area contributed by atoms with Crippen LogP contribution in [0.2, 0.25) is 0 Å². The van der Waals surface area contributed by atoms with Gasteiger partial charge in [0.05, 0.1) is 19.8 Å². The molecule has 0 aromatic heterocycles. The van der Waals surface area contributed by atoms with Crippen LogP contribution < -0.4 is 0 Å². The van der Waals surface area contributed by atoms with E-state index in [4.69, 9.17) is 18.9 Å². The first-order chi connectivity index (χ1) is 13.2. The summed E-state index contributed by atoms with van der Waals surface area (Å²) in [6.07, 6.45) is -3.94. The number of aliphatic hydroxyl groups is 2. The monoisotopic (exact) mass is 374 g/mol. The number of aliphatic hydroxyl groups excluding tert-OH is 2. The zero-order valence-corrected chi connectivity index (χ0v) is 15.3. The Kier molecular flexibility index (Phi) is 7.34. The van der Waals surface area contributed by atoms with Crippen molar-refractivity contribution in [2.45, 2.75) is 43.9 Å². The van der Waals surface area contributed by atoms with Gasteiger partial charge in [0.2, 0.25) is 0 Å². The summed E-state index contributed by atoms with van der Waals surface area (Å²) in [5, 5.41) is 20.4. The number of rotatable bonds is 8. The van der Waals surface area contributed by atoms with E-state index in [0.29, 0.717) is 13.2 Å². The van der Waals surface area contributed by atoms with Crippen LogP contribution in [0.25, 0.3) is 0 Å². The molecule has 0 amide bonds. The van der Waals surface area contributed by atoms with Gasteiger partial charge in [0.1, 0.15) is 24.4 Å². The SMILES string of the molecule is CO[C@H]1OC(CO)[C@@H](OCc2ccccc2)C(OCc2ccccc2)C1O. The highest BCUT2D eigenvalue weighted by atomic mass is 16.7. The largest absolute Gasteiger partial charge is 0.394 e. The summed E-state index contributed by atoms with van der Waals surface area (Å²) in [4.78, 5) is 0. The predicted molar refractivity (Wildman–Crippen MR) is 98.8 cm³/mol. The Balaban J connectivity index is 1.73. The van der Waals surface area contributed by atoms with E-state index in [0.717, 1.165) is 11.1 Å². The quantitative estimate of drug-likeness (QED) is 0.735. The molecule has 1 saturated heterocycles. The zero-order chi connectivity index (χ0) is 19.1. The second kappa shape index (κ2) is 9.94. The van der Waals surface area contributed by atoms with Crippen LogP contribution >= 0.6 is 0 Å². The fraction of sp³-hybridized carbons (Fsp3) is 0.429. The second-order valence-corrected chi connectivity index (χ2v) is 6.47. The van der Waals surface area contributed by atoms with Crippen molar-refractivity contribution in [1.29, 1.82) is 0 Å². The lowest BCUT2D eigenvalue weighted by atomic mass is 9.98. The fourth-order valence-corrected chi connectivity index (χ4v) is 3.16. The van der Waals surface area contributed by atoms with Crippen LogP contribution in [-0.4, -0.2) is 54.6 Å². The van der Waals surface area contributed by atoms with Crippen LogP contribution in [-0.2, 0) is 32.2 Å². The molecule has 0 radical (unpaired) electrons. The molecule has 1 heterocycles. The molecule has 1 fully saturated rings. The summed E-state index contributed by atoms with van der Waals surface area (Å²) in [7, 11) is 1.45. The molecule has 6 heteroatoms. The molecule has 0 spiro atoms. The average molecular weight is 374 g/mol. The lowest BCUT2D eigenvalue weighted by Crippen LogP contribution is -2.60. The number of hydrogen-bond donors (Lipinski definition) is 2. The Morgan fingerprint density at radius 3 is 1.85 bits per heavy atom. The van der Waals surface area contributed by atoms with Gasteiger partial charge in [0.25, 0.3) is 0 Å². The van der Waals surface area contributed by atoms with Crippen LogP contribution in [0.3, 0.4) is 0 Å². The van der Waals surface area contributed by atoms with E-state index in [2.05, 4.69) is 0 Å². The highest BCUT2D eigenvalue weighted by Crippen LogP contribution is 2.28. The third kappa shape index (κ3) is 5.13. The number of hydrogen-bond acceptors (Lipinski definition) is 6. The van der Waals surface area contributed by atoms with Gasteiger partial charge >= 0.3 is 0 Å². The molecule has 3 unspecified atom stereocenters. The molecule has 5 atom stereocenters. The van der Waals surface area contributed by atoms with Crippen LogP contribution in [0.1, 0.15) is 11.1 Å². The van der Waals surface area contributed by atoms with E-state index >= 15 is 0 Å². The molecule has 2 aromatic rings. The molecule has 2 aromatic carbocycles. The molecule has 27 heavy (non-hydrogen) atoms. The smallest absolute Gasteiger partial charge is 0.186 e. The summed E-state index contributed by atoms with van der Waals surface area (Å²) < 4.78 is 22.9. The van der Waals surface area contributed by atoms with Crippen molar-refractivity contribution in [2.24, 2.45) is 0 Å². The van der Waals surface area contributed by atoms with Gasteiger partial charge in [0.15, 0.2) is 6.29 Å². The van der Waals surface area contributed by atoms with E-state index in [1.165, 1.54) is 7.11 Å². The van der Waals surface area contributed by atoms with Gasteiger partial charge < -0.3 is 29.2 Å².